The highest BCUT2D eigenvalue weighted by atomic mass is 35.5. The van der Waals surface area contributed by atoms with Crippen LogP contribution in [-0.4, -0.2) is 17.1 Å². The van der Waals surface area contributed by atoms with Crippen LogP contribution in [0.25, 0.3) is 0 Å². The van der Waals surface area contributed by atoms with E-state index in [2.05, 4.69) is 9.97 Å². The Morgan fingerprint density at radius 1 is 1.47 bits per heavy atom. The molecule has 82 valence electrons. The standard InChI is InChI=1S/C10H13ClN2OS/c1-3-8(14-2)10-12-7-5-15-4-6(7)9(11)13-10/h8H,3-5H2,1-2H3. The van der Waals surface area contributed by atoms with E-state index in [-0.39, 0.29) is 6.10 Å². The Bertz CT molecular complexity index is 369. The van der Waals surface area contributed by atoms with Gasteiger partial charge < -0.3 is 4.74 Å². The molecule has 0 saturated heterocycles. The van der Waals surface area contributed by atoms with E-state index in [9.17, 15) is 0 Å². The average molecular weight is 245 g/mol. The minimum absolute atomic E-state index is 0.0431. The minimum atomic E-state index is -0.0431. The van der Waals surface area contributed by atoms with Gasteiger partial charge in [0.2, 0.25) is 0 Å². The van der Waals surface area contributed by atoms with Crippen LogP contribution < -0.4 is 0 Å². The monoisotopic (exact) mass is 244 g/mol. The molecule has 0 saturated carbocycles. The van der Waals surface area contributed by atoms with Gasteiger partial charge in [-0.2, -0.15) is 11.8 Å². The molecule has 0 spiro atoms. The Kier molecular flexibility index (Phi) is 3.49. The third-order valence-corrected chi connectivity index (χ3v) is 3.77. The maximum absolute atomic E-state index is 6.11. The van der Waals surface area contributed by atoms with E-state index in [0.29, 0.717) is 11.0 Å². The summed E-state index contributed by atoms with van der Waals surface area (Å²) in [5, 5.41) is 0.593. The zero-order valence-corrected chi connectivity index (χ0v) is 10.4. The number of ether oxygens (including phenoxy) is 1. The van der Waals surface area contributed by atoms with Crippen LogP contribution in [-0.2, 0) is 16.2 Å². The van der Waals surface area contributed by atoms with Crippen molar-refractivity contribution in [3.63, 3.8) is 0 Å². The summed E-state index contributed by atoms with van der Waals surface area (Å²) >= 11 is 7.94. The molecule has 0 aliphatic carbocycles. The largest absolute Gasteiger partial charge is 0.373 e. The Balaban J connectivity index is 2.38. The van der Waals surface area contributed by atoms with Crippen molar-refractivity contribution in [2.24, 2.45) is 0 Å². The van der Waals surface area contributed by atoms with Gasteiger partial charge in [0.15, 0.2) is 5.82 Å². The first-order valence-electron chi connectivity index (χ1n) is 4.92. The predicted octanol–water partition coefficient (Wildman–Crippen LogP) is 2.97. The summed E-state index contributed by atoms with van der Waals surface area (Å²) in [5.41, 5.74) is 2.17. The molecule has 0 fully saturated rings. The van der Waals surface area contributed by atoms with Gasteiger partial charge in [0.05, 0.1) is 5.69 Å². The van der Waals surface area contributed by atoms with Crippen molar-refractivity contribution in [2.45, 2.75) is 31.0 Å². The quantitative estimate of drug-likeness (QED) is 0.766. The lowest BCUT2D eigenvalue weighted by molar-refractivity contribution is 0.0924. The molecule has 2 rings (SSSR count). The second-order valence-corrected chi connectivity index (χ2v) is 4.77. The molecule has 0 aromatic carbocycles. The van der Waals surface area contributed by atoms with Crippen LogP contribution in [0.15, 0.2) is 0 Å². The Hall–Kier alpha value is -0.320. The van der Waals surface area contributed by atoms with E-state index in [1.165, 1.54) is 0 Å². The number of hydrogen-bond acceptors (Lipinski definition) is 4. The molecule has 0 radical (unpaired) electrons. The van der Waals surface area contributed by atoms with E-state index >= 15 is 0 Å². The van der Waals surface area contributed by atoms with Crippen LogP contribution in [0.5, 0.6) is 0 Å². The van der Waals surface area contributed by atoms with Crippen LogP contribution in [0, 0.1) is 0 Å². The molecule has 2 heterocycles. The van der Waals surface area contributed by atoms with Gasteiger partial charge in [-0.3, -0.25) is 0 Å². The fraction of sp³-hybridized carbons (Fsp3) is 0.600. The van der Waals surface area contributed by atoms with Crippen molar-refractivity contribution in [1.82, 2.24) is 9.97 Å². The van der Waals surface area contributed by atoms with E-state index < -0.39 is 0 Å². The van der Waals surface area contributed by atoms with Gasteiger partial charge in [0, 0.05) is 24.2 Å². The van der Waals surface area contributed by atoms with Crippen molar-refractivity contribution in [1.29, 1.82) is 0 Å². The topological polar surface area (TPSA) is 35.0 Å². The predicted molar refractivity (Wildman–Crippen MR) is 62.1 cm³/mol. The molecule has 0 amide bonds. The van der Waals surface area contributed by atoms with Crippen molar-refractivity contribution in [3.8, 4) is 0 Å². The fourth-order valence-electron chi connectivity index (χ4n) is 1.63. The van der Waals surface area contributed by atoms with Gasteiger partial charge in [-0.15, -0.1) is 0 Å². The number of methoxy groups -OCH3 is 1. The molecular weight excluding hydrogens is 232 g/mol. The van der Waals surface area contributed by atoms with Gasteiger partial charge >= 0.3 is 0 Å². The summed E-state index contributed by atoms with van der Waals surface area (Å²) in [6.07, 6.45) is 0.817. The smallest absolute Gasteiger partial charge is 0.159 e. The highest BCUT2D eigenvalue weighted by molar-refractivity contribution is 7.98. The van der Waals surface area contributed by atoms with Gasteiger partial charge in [-0.05, 0) is 6.42 Å². The third-order valence-electron chi connectivity index (χ3n) is 2.49. The van der Waals surface area contributed by atoms with Gasteiger partial charge in [-0.1, -0.05) is 18.5 Å². The molecular formula is C10H13ClN2OS. The zero-order valence-electron chi connectivity index (χ0n) is 8.79. The van der Waals surface area contributed by atoms with Crippen molar-refractivity contribution >= 4 is 23.4 Å². The Labute approximate surface area is 98.6 Å². The highest BCUT2D eigenvalue weighted by Crippen LogP contribution is 2.33. The first-order valence-corrected chi connectivity index (χ1v) is 6.45. The molecule has 1 aromatic heterocycles. The molecule has 0 bridgehead atoms. The second kappa shape index (κ2) is 4.68. The first-order chi connectivity index (χ1) is 7.26. The highest BCUT2D eigenvalue weighted by Gasteiger charge is 2.21. The second-order valence-electron chi connectivity index (χ2n) is 3.42. The Morgan fingerprint density at radius 2 is 2.27 bits per heavy atom. The van der Waals surface area contributed by atoms with Crippen LogP contribution in [0.1, 0.15) is 36.5 Å². The van der Waals surface area contributed by atoms with Crippen LogP contribution in [0.2, 0.25) is 5.15 Å². The zero-order chi connectivity index (χ0) is 10.8. The number of nitrogens with zero attached hydrogens (tertiary/aromatic N) is 2. The molecule has 3 nitrogen and oxygen atoms in total. The van der Waals surface area contributed by atoms with E-state index in [1.807, 2.05) is 18.7 Å². The normalized spacial score (nSPS) is 16.5. The lowest BCUT2D eigenvalue weighted by Gasteiger charge is -2.12. The Morgan fingerprint density at radius 3 is 2.93 bits per heavy atom. The SMILES string of the molecule is CCC(OC)c1nc(Cl)c2c(n1)CSC2. The molecule has 1 atom stereocenters. The van der Waals surface area contributed by atoms with Crippen molar-refractivity contribution in [2.75, 3.05) is 7.11 Å². The van der Waals surface area contributed by atoms with Gasteiger partial charge in [0.25, 0.3) is 0 Å². The summed E-state index contributed by atoms with van der Waals surface area (Å²) in [5.74, 6) is 2.58. The van der Waals surface area contributed by atoms with Crippen LogP contribution >= 0.6 is 23.4 Å². The summed E-state index contributed by atoms with van der Waals surface area (Å²) in [4.78, 5) is 8.82. The average Bonchev–Trinajstić information content (AvgIpc) is 2.68. The van der Waals surface area contributed by atoms with E-state index in [4.69, 9.17) is 16.3 Å². The number of hydrogen-bond donors (Lipinski definition) is 0. The molecule has 15 heavy (non-hydrogen) atoms. The molecule has 1 aromatic rings. The summed E-state index contributed by atoms with van der Waals surface area (Å²) in [7, 11) is 1.67. The number of thioether (sulfide) groups is 1. The lowest BCUT2D eigenvalue weighted by atomic mass is 10.2. The first kappa shape index (κ1) is 11.2. The fourth-order valence-corrected chi connectivity index (χ4v) is 3.01. The van der Waals surface area contributed by atoms with E-state index in [0.717, 1.165) is 29.2 Å². The van der Waals surface area contributed by atoms with Crippen LogP contribution in [0.3, 0.4) is 0 Å². The summed E-state index contributed by atoms with van der Waals surface area (Å²) < 4.78 is 5.31. The summed E-state index contributed by atoms with van der Waals surface area (Å²) in [6.45, 7) is 2.05. The molecule has 5 heteroatoms. The number of halogens is 1. The minimum Gasteiger partial charge on any atom is -0.373 e. The molecule has 1 unspecified atom stereocenters. The maximum atomic E-state index is 6.11. The van der Waals surface area contributed by atoms with Crippen LogP contribution in [0.4, 0.5) is 0 Å². The third kappa shape index (κ3) is 2.12. The number of rotatable bonds is 3. The molecule has 1 aliphatic heterocycles. The van der Waals surface area contributed by atoms with Crippen molar-refractivity contribution in [3.05, 3.63) is 22.2 Å². The number of fused-ring (bicyclic) bond motifs is 1. The van der Waals surface area contributed by atoms with Crippen molar-refractivity contribution < 1.29 is 4.74 Å². The summed E-state index contributed by atoms with van der Waals surface area (Å²) in [6, 6.07) is 0. The van der Waals surface area contributed by atoms with Gasteiger partial charge in [-0.25, -0.2) is 9.97 Å². The van der Waals surface area contributed by atoms with E-state index in [1.54, 1.807) is 7.11 Å². The molecule has 1 aliphatic rings. The number of aromatic nitrogens is 2. The molecule has 0 N–H and O–H groups in total. The van der Waals surface area contributed by atoms with Gasteiger partial charge in [0.1, 0.15) is 11.3 Å². The maximum Gasteiger partial charge on any atom is 0.159 e. The lowest BCUT2D eigenvalue weighted by Crippen LogP contribution is -2.08.